The summed E-state index contributed by atoms with van der Waals surface area (Å²) < 4.78 is 5.74. The van der Waals surface area contributed by atoms with Gasteiger partial charge in [-0.05, 0) is 43.2 Å². The number of halogens is 1. The zero-order chi connectivity index (χ0) is 17.4. The lowest BCUT2D eigenvalue weighted by Crippen LogP contribution is -2.30. The Hall–Kier alpha value is -2.59. The number of hydrogen-bond acceptors (Lipinski definition) is 3. The minimum absolute atomic E-state index is 0.146. The Kier molecular flexibility index (Phi) is 4.06. The summed E-state index contributed by atoms with van der Waals surface area (Å²) in [6.07, 6.45) is 5.18. The van der Waals surface area contributed by atoms with Gasteiger partial charge in [0.2, 0.25) is 11.8 Å². The molecule has 2 atom stereocenters. The molecule has 2 aliphatic rings. The first-order valence-corrected chi connectivity index (χ1v) is 8.58. The van der Waals surface area contributed by atoms with E-state index in [9.17, 15) is 9.59 Å². The molecule has 4 nitrogen and oxygen atoms in total. The number of amides is 2. The summed E-state index contributed by atoms with van der Waals surface area (Å²) in [5.41, 5.74) is 0.495. The number of rotatable bonds is 3. The van der Waals surface area contributed by atoms with Crippen LogP contribution < -0.4 is 9.64 Å². The fraction of sp³-hybridized carbons (Fsp3) is 0.200. The molecular weight excluding hydrogens is 338 g/mol. The highest BCUT2D eigenvalue weighted by atomic mass is 35.5. The zero-order valence-corrected chi connectivity index (χ0v) is 14.1. The van der Waals surface area contributed by atoms with Gasteiger partial charge in [-0.25, -0.2) is 4.90 Å². The van der Waals surface area contributed by atoms with E-state index in [1.807, 2.05) is 42.5 Å². The van der Waals surface area contributed by atoms with E-state index >= 15 is 0 Å². The van der Waals surface area contributed by atoms with Gasteiger partial charge in [-0.15, -0.1) is 0 Å². The molecule has 5 heteroatoms. The van der Waals surface area contributed by atoms with E-state index in [-0.39, 0.29) is 23.7 Å². The lowest BCUT2D eigenvalue weighted by molar-refractivity contribution is -0.122. The molecule has 2 aromatic rings. The monoisotopic (exact) mass is 353 g/mol. The minimum Gasteiger partial charge on any atom is -0.456 e. The van der Waals surface area contributed by atoms with E-state index in [1.165, 1.54) is 4.90 Å². The van der Waals surface area contributed by atoms with Crippen LogP contribution in [0.1, 0.15) is 12.8 Å². The largest absolute Gasteiger partial charge is 0.456 e. The molecule has 1 heterocycles. The van der Waals surface area contributed by atoms with Gasteiger partial charge in [-0.2, -0.15) is 0 Å². The second-order valence-electron chi connectivity index (χ2n) is 6.20. The number of ether oxygens (including phenoxy) is 1. The van der Waals surface area contributed by atoms with Crippen molar-refractivity contribution in [3.63, 3.8) is 0 Å². The first-order chi connectivity index (χ1) is 12.1. The Balaban J connectivity index is 1.60. The number of carbonyl (C=O) groups excluding carboxylic acids is 2. The number of carbonyl (C=O) groups is 2. The number of allylic oxidation sites excluding steroid dienone is 2. The fourth-order valence-corrected chi connectivity index (χ4v) is 3.60. The average Bonchev–Trinajstić information content (AvgIpc) is 2.89. The van der Waals surface area contributed by atoms with Gasteiger partial charge < -0.3 is 4.74 Å². The molecule has 0 aromatic heterocycles. The number of benzene rings is 2. The Bertz CT molecular complexity index is 836. The normalized spacial score (nSPS) is 22.2. The maximum absolute atomic E-state index is 12.6. The molecule has 1 saturated heterocycles. The summed E-state index contributed by atoms with van der Waals surface area (Å²) >= 11 is 6.32. The van der Waals surface area contributed by atoms with Gasteiger partial charge in [0.1, 0.15) is 11.5 Å². The number of para-hydroxylation sites is 1. The highest BCUT2D eigenvalue weighted by molar-refractivity contribution is 6.33. The summed E-state index contributed by atoms with van der Waals surface area (Å²) in [5.74, 6) is 0.352. The van der Waals surface area contributed by atoms with Crippen LogP contribution in [0.15, 0.2) is 60.7 Å². The van der Waals surface area contributed by atoms with Gasteiger partial charge in [0, 0.05) is 0 Å². The Morgan fingerprint density at radius 3 is 2.16 bits per heavy atom. The van der Waals surface area contributed by atoms with Crippen molar-refractivity contribution in [3.05, 3.63) is 65.7 Å². The average molecular weight is 354 g/mol. The molecule has 0 saturated carbocycles. The Labute approximate surface area is 150 Å². The van der Waals surface area contributed by atoms with Crippen molar-refractivity contribution in [2.45, 2.75) is 12.8 Å². The Morgan fingerprint density at radius 1 is 0.920 bits per heavy atom. The first-order valence-electron chi connectivity index (χ1n) is 8.20. The number of anilines is 1. The smallest absolute Gasteiger partial charge is 0.238 e. The van der Waals surface area contributed by atoms with Crippen molar-refractivity contribution in [2.75, 3.05) is 4.90 Å². The van der Waals surface area contributed by atoms with Crippen molar-refractivity contribution in [2.24, 2.45) is 11.8 Å². The van der Waals surface area contributed by atoms with Gasteiger partial charge in [0.05, 0.1) is 22.5 Å². The van der Waals surface area contributed by atoms with Crippen LogP contribution in [0.2, 0.25) is 5.02 Å². The third kappa shape index (κ3) is 2.83. The van der Waals surface area contributed by atoms with Crippen LogP contribution in [0.5, 0.6) is 11.5 Å². The molecule has 0 N–H and O–H groups in total. The molecule has 126 valence electrons. The summed E-state index contributed by atoms with van der Waals surface area (Å²) in [5, 5.41) is 0.356. The molecule has 0 unspecified atom stereocenters. The minimum atomic E-state index is -0.253. The molecule has 0 radical (unpaired) electrons. The second-order valence-corrected chi connectivity index (χ2v) is 6.60. The van der Waals surface area contributed by atoms with Gasteiger partial charge in [0.25, 0.3) is 0 Å². The van der Waals surface area contributed by atoms with Crippen LogP contribution in [-0.2, 0) is 9.59 Å². The van der Waals surface area contributed by atoms with Crippen LogP contribution in [0.4, 0.5) is 5.69 Å². The Morgan fingerprint density at radius 2 is 1.56 bits per heavy atom. The summed E-state index contributed by atoms with van der Waals surface area (Å²) in [4.78, 5) is 26.5. The number of fused-ring (bicyclic) bond motifs is 1. The van der Waals surface area contributed by atoms with Crippen LogP contribution in [0.3, 0.4) is 0 Å². The van der Waals surface area contributed by atoms with Crippen molar-refractivity contribution in [1.29, 1.82) is 0 Å². The molecule has 4 rings (SSSR count). The van der Waals surface area contributed by atoms with Gasteiger partial charge in [-0.1, -0.05) is 42.0 Å². The van der Waals surface area contributed by atoms with Crippen molar-refractivity contribution >= 4 is 29.1 Å². The molecule has 1 aliphatic heterocycles. The summed E-state index contributed by atoms with van der Waals surface area (Å²) in [6, 6.07) is 14.3. The number of hydrogen-bond donors (Lipinski definition) is 0. The van der Waals surface area contributed by atoms with E-state index in [1.54, 1.807) is 18.2 Å². The fourth-order valence-electron chi connectivity index (χ4n) is 3.38. The van der Waals surface area contributed by atoms with Gasteiger partial charge in [0.15, 0.2) is 0 Å². The van der Waals surface area contributed by atoms with Gasteiger partial charge in [-0.3, -0.25) is 9.59 Å². The predicted molar refractivity (Wildman–Crippen MR) is 95.8 cm³/mol. The van der Waals surface area contributed by atoms with Crippen LogP contribution >= 0.6 is 11.6 Å². The van der Waals surface area contributed by atoms with Crippen LogP contribution in [0, 0.1) is 11.8 Å². The third-order valence-corrected chi connectivity index (χ3v) is 4.95. The summed E-state index contributed by atoms with van der Waals surface area (Å²) in [7, 11) is 0. The lowest BCUT2D eigenvalue weighted by atomic mass is 9.85. The quantitative estimate of drug-likeness (QED) is 0.599. The van der Waals surface area contributed by atoms with E-state index in [2.05, 4.69) is 0 Å². The van der Waals surface area contributed by atoms with Crippen molar-refractivity contribution < 1.29 is 14.3 Å². The molecule has 1 fully saturated rings. The zero-order valence-electron chi connectivity index (χ0n) is 13.4. The van der Waals surface area contributed by atoms with E-state index in [4.69, 9.17) is 16.3 Å². The second kappa shape index (κ2) is 6.37. The SMILES string of the molecule is O=C1[C@H]2CC=CC[C@H]2C(=O)N1c1ccc(Oc2ccccc2)c(Cl)c1. The molecular formula is C20H16ClNO3. The number of imide groups is 1. The standard InChI is InChI=1S/C20H16ClNO3/c21-17-12-13(10-11-18(17)25-14-6-2-1-3-7-14)22-19(23)15-8-4-5-9-16(15)20(22)24/h1-7,10-12,15-16H,8-9H2/t15-,16+. The highest BCUT2D eigenvalue weighted by Crippen LogP contribution is 2.40. The first kappa shape index (κ1) is 15.9. The van der Waals surface area contributed by atoms with E-state index < -0.39 is 0 Å². The van der Waals surface area contributed by atoms with Gasteiger partial charge >= 0.3 is 0 Å². The molecule has 1 aliphatic carbocycles. The van der Waals surface area contributed by atoms with Crippen LogP contribution in [0.25, 0.3) is 0 Å². The lowest BCUT2D eigenvalue weighted by Gasteiger charge is -2.16. The predicted octanol–water partition coefficient (Wildman–Crippen LogP) is 4.59. The van der Waals surface area contributed by atoms with E-state index in [0.29, 0.717) is 35.1 Å². The van der Waals surface area contributed by atoms with Crippen LogP contribution in [-0.4, -0.2) is 11.8 Å². The molecule has 25 heavy (non-hydrogen) atoms. The summed E-state index contributed by atoms with van der Waals surface area (Å²) in [6.45, 7) is 0. The number of nitrogens with zero attached hydrogens (tertiary/aromatic N) is 1. The maximum atomic E-state index is 12.6. The molecule has 0 bridgehead atoms. The molecule has 0 spiro atoms. The molecule has 2 amide bonds. The van der Waals surface area contributed by atoms with Crippen molar-refractivity contribution in [3.8, 4) is 11.5 Å². The third-order valence-electron chi connectivity index (χ3n) is 4.65. The topological polar surface area (TPSA) is 46.6 Å². The molecule has 2 aromatic carbocycles. The highest BCUT2D eigenvalue weighted by Gasteiger charge is 2.47. The van der Waals surface area contributed by atoms with E-state index in [0.717, 1.165) is 0 Å². The maximum Gasteiger partial charge on any atom is 0.238 e. The van der Waals surface area contributed by atoms with Crippen molar-refractivity contribution in [1.82, 2.24) is 0 Å².